The van der Waals surface area contributed by atoms with Crippen molar-refractivity contribution in [2.75, 3.05) is 0 Å². The van der Waals surface area contributed by atoms with Crippen LogP contribution in [0.1, 0.15) is 193 Å². The van der Waals surface area contributed by atoms with Crippen molar-refractivity contribution < 1.29 is 16.5 Å². The molecule has 230 valence electrons. The third-order valence-corrected chi connectivity index (χ3v) is 21.6. The summed E-state index contributed by atoms with van der Waals surface area (Å²) in [4.78, 5) is 0. The van der Waals surface area contributed by atoms with Crippen LogP contribution in [0.25, 0.3) is 0 Å². The summed E-state index contributed by atoms with van der Waals surface area (Å²) in [7, 11) is -0.0930. The summed E-state index contributed by atoms with van der Waals surface area (Å²) in [6.45, 7) is 0. The van der Waals surface area contributed by atoms with E-state index < -0.39 is 0 Å². The van der Waals surface area contributed by atoms with Crippen molar-refractivity contribution in [3.8, 4) is 0 Å². The largest absolute Gasteiger partial charge is 0.0680 e. The molecule has 0 saturated heterocycles. The van der Waals surface area contributed by atoms with Crippen LogP contribution in [0.3, 0.4) is 0 Å². The van der Waals surface area contributed by atoms with Gasteiger partial charge in [0.15, 0.2) is 0 Å². The second-order valence-electron chi connectivity index (χ2n) is 15.0. The minimum atomic E-state index is -0.0465. The maximum Gasteiger partial charge on any atom is 0.0680 e. The molecule has 3 heteroatoms. The Labute approximate surface area is 258 Å². The number of hydrogen-bond donors (Lipinski definition) is 0. The van der Waals surface area contributed by atoms with Gasteiger partial charge in [0, 0.05) is 32.3 Å². The van der Waals surface area contributed by atoms with Gasteiger partial charge in [-0.1, -0.05) is 38.5 Å². The van der Waals surface area contributed by atoms with E-state index >= 15 is 0 Å². The van der Waals surface area contributed by atoms with Crippen LogP contribution in [0.15, 0.2) is 0 Å². The molecule has 0 aromatic carbocycles. The molecule has 39 heavy (non-hydrogen) atoms. The summed E-state index contributed by atoms with van der Waals surface area (Å²) in [6, 6.07) is 0. The van der Waals surface area contributed by atoms with Crippen molar-refractivity contribution in [1.82, 2.24) is 0 Å². The summed E-state index contributed by atoms with van der Waals surface area (Å²) in [5.74, 6) is 0. The third-order valence-electron chi connectivity index (χ3n) is 12.5. The van der Waals surface area contributed by atoms with Crippen molar-refractivity contribution in [1.29, 1.82) is 0 Å². The molecule has 6 fully saturated rings. The van der Waals surface area contributed by atoms with E-state index in [1.165, 1.54) is 34.0 Å². The van der Waals surface area contributed by atoms with Crippen molar-refractivity contribution in [2.24, 2.45) is 0 Å². The summed E-state index contributed by atoms with van der Waals surface area (Å²) < 4.78 is 0. The summed E-state index contributed by atoms with van der Waals surface area (Å²) in [5, 5.41) is 0. The average Bonchev–Trinajstić information content (AvgIpc) is 3.01. The minimum Gasteiger partial charge on any atom is -0.0530 e. The zero-order valence-electron chi connectivity index (χ0n) is 26.0. The van der Waals surface area contributed by atoms with Crippen LogP contribution in [0, 0.1) is 0 Å². The molecular weight excluding hydrogens is 553 g/mol. The Morgan fingerprint density at radius 2 is 0.333 bits per heavy atom. The second kappa shape index (κ2) is 18.9. The van der Waals surface area contributed by atoms with Gasteiger partial charge in [0.25, 0.3) is 0 Å². The summed E-state index contributed by atoms with van der Waals surface area (Å²) in [5.41, 5.74) is 7.36. The monoisotopic (exact) mass is 620 g/mol. The predicted octanol–water partition coefficient (Wildman–Crippen LogP) is 12.4. The van der Waals surface area contributed by atoms with Gasteiger partial charge in [0.05, 0.1) is 34.0 Å². The molecule has 6 aliphatic carbocycles. The van der Waals surface area contributed by atoms with Crippen LogP contribution in [0.4, 0.5) is 0 Å². The molecule has 6 aliphatic rings. The Bertz CT molecular complexity index is 464. The van der Waals surface area contributed by atoms with Crippen LogP contribution >= 0.6 is 15.8 Å². The first-order chi connectivity index (χ1) is 18.9. The van der Waals surface area contributed by atoms with E-state index in [9.17, 15) is 0 Å². The quantitative estimate of drug-likeness (QED) is 0.205. The predicted molar refractivity (Wildman–Crippen MR) is 178 cm³/mol. The number of rotatable bonds is 6. The van der Waals surface area contributed by atoms with E-state index in [4.69, 9.17) is 0 Å². The molecule has 0 atom stereocenters. The fourth-order valence-corrected chi connectivity index (χ4v) is 21.1. The summed E-state index contributed by atoms with van der Waals surface area (Å²) in [6.07, 6.45) is 47.6. The van der Waals surface area contributed by atoms with Crippen LogP contribution in [-0.4, -0.2) is 34.0 Å². The van der Waals surface area contributed by atoms with Crippen LogP contribution < -0.4 is 0 Å². The minimum absolute atomic E-state index is 0. The SMILES string of the molecule is C1CCC([PH+](C2CCCCC2)C2CCCCC2)CC1.C1CCC([PH+](C2CCCCC2)C2CCCCC2)CC1.[Ni]. The molecule has 0 spiro atoms. The molecule has 0 bridgehead atoms. The van der Waals surface area contributed by atoms with Gasteiger partial charge in [-0.15, -0.1) is 0 Å². The first-order valence-corrected chi connectivity index (χ1v) is 22.1. The Morgan fingerprint density at radius 3 is 0.462 bits per heavy atom. The van der Waals surface area contributed by atoms with Gasteiger partial charge in [-0.2, -0.15) is 0 Å². The summed E-state index contributed by atoms with van der Waals surface area (Å²) >= 11 is 0. The van der Waals surface area contributed by atoms with Crippen LogP contribution in [-0.2, 0) is 16.5 Å². The Morgan fingerprint density at radius 1 is 0.205 bits per heavy atom. The first-order valence-electron chi connectivity index (χ1n) is 18.6. The first kappa shape index (κ1) is 33.3. The van der Waals surface area contributed by atoms with Crippen molar-refractivity contribution in [3.63, 3.8) is 0 Å². The smallest absolute Gasteiger partial charge is 0.0530 e. The van der Waals surface area contributed by atoms with Gasteiger partial charge in [0.2, 0.25) is 0 Å². The van der Waals surface area contributed by atoms with E-state index in [-0.39, 0.29) is 32.3 Å². The standard InChI is InChI=1S/2C18H33P.Ni/c2*1-4-10-16(11-5-1)19(17-12-6-2-7-13-17)18-14-8-3-9-15-18;/h2*16-18H,1-15H2;/p+2. The second-order valence-corrected chi connectivity index (χ2v) is 21.9. The van der Waals surface area contributed by atoms with Crippen molar-refractivity contribution in [3.05, 3.63) is 0 Å². The average molecular weight is 622 g/mol. The molecule has 6 rings (SSSR count). The Kier molecular flexibility index (Phi) is 16.1. The molecule has 0 amide bonds. The molecule has 0 aromatic rings. The molecule has 0 unspecified atom stereocenters. The van der Waals surface area contributed by atoms with Crippen LogP contribution in [0.2, 0.25) is 0 Å². The Balaban J connectivity index is 0.000000176. The van der Waals surface area contributed by atoms with Crippen molar-refractivity contribution >= 4 is 15.8 Å². The van der Waals surface area contributed by atoms with Gasteiger partial charge >= 0.3 is 0 Å². The fraction of sp³-hybridized carbons (Fsp3) is 1.00. The van der Waals surface area contributed by atoms with Crippen molar-refractivity contribution in [2.45, 2.75) is 227 Å². The normalized spacial score (nSPS) is 28.2. The molecular formula is C36H68NiP2+2. The van der Waals surface area contributed by atoms with E-state index in [2.05, 4.69) is 0 Å². The molecule has 6 saturated carbocycles. The van der Waals surface area contributed by atoms with Gasteiger partial charge in [-0.3, -0.25) is 0 Å². The van der Waals surface area contributed by atoms with E-state index in [0.29, 0.717) is 0 Å². The van der Waals surface area contributed by atoms with Gasteiger partial charge in [-0.05, 0) is 154 Å². The molecule has 0 N–H and O–H groups in total. The van der Waals surface area contributed by atoms with Gasteiger partial charge in [-0.25, -0.2) is 0 Å². The van der Waals surface area contributed by atoms with Gasteiger partial charge in [0.1, 0.15) is 0 Å². The zero-order valence-corrected chi connectivity index (χ0v) is 29.0. The molecule has 0 aliphatic heterocycles. The third kappa shape index (κ3) is 10.2. The Hall–Kier alpha value is 1.35. The van der Waals surface area contributed by atoms with Gasteiger partial charge < -0.3 is 0 Å². The molecule has 0 aromatic heterocycles. The van der Waals surface area contributed by atoms with Crippen LogP contribution in [0.5, 0.6) is 0 Å². The van der Waals surface area contributed by atoms with E-state index in [1.54, 1.807) is 193 Å². The maximum atomic E-state index is 1.63. The maximum absolute atomic E-state index is 1.63. The van der Waals surface area contributed by atoms with E-state index in [0.717, 1.165) is 0 Å². The van der Waals surface area contributed by atoms with E-state index in [1.807, 2.05) is 0 Å². The fourth-order valence-electron chi connectivity index (χ4n) is 10.6. The zero-order chi connectivity index (χ0) is 25.8. The molecule has 0 radical (unpaired) electrons. The molecule has 0 nitrogen and oxygen atoms in total. The number of hydrogen-bond acceptors (Lipinski definition) is 0. The topological polar surface area (TPSA) is 0 Å². The molecule has 0 heterocycles.